The second kappa shape index (κ2) is 6.51. The molecule has 1 atom stereocenters. The Bertz CT molecular complexity index is 513. The number of nitrogens with one attached hydrogen (secondary N) is 2. The number of hydrogen-bond acceptors (Lipinski definition) is 4. The Balaban J connectivity index is 2.69. The van der Waals surface area contributed by atoms with Gasteiger partial charge in [0.05, 0.1) is 10.4 Å². The molecule has 1 amide bonds. The van der Waals surface area contributed by atoms with Gasteiger partial charge in [-0.15, -0.1) is 11.3 Å². The fraction of sp³-hybridized carbons (Fsp3) is 0.500. The van der Waals surface area contributed by atoms with E-state index in [0.29, 0.717) is 10.9 Å². The highest BCUT2D eigenvalue weighted by Gasteiger charge is 2.22. The van der Waals surface area contributed by atoms with Crippen molar-refractivity contribution in [3.8, 4) is 0 Å². The van der Waals surface area contributed by atoms with E-state index in [2.05, 4.69) is 10.0 Å². The third-order valence-electron chi connectivity index (χ3n) is 2.09. The summed E-state index contributed by atoms with van der Waals surface area (Å²) in [4.78, 5) is 11.6. The molecule has 1 heterocycles. The number of halogens is 1. The number of hydrogen-bond donors (Lipinski definition) is 2. The largest absolute Gasteiger partial charge is 0.355 e. The predicted molar refractivity (Wildman–Crippen MR) is 72.4 cm³/mol. The lowest BCUT2D eigenvalue weighted by molar-refractivity contribution is -0.122. The van der Waals surface area contributed by atoms with Crippen LogP contribution in [0.5, 0.6) is 0 Å². The van der Waals surface area contributed by atoms with Crippen molar-refractivity contribution in [2.24, 2.45) is 0 Å². The van der Waals surface area contributed by atoms with E-state index in [1.165, 1.54) is 19.1 Å². The van der Waals surface area contributed by atoms with Crippen LogP contribution in [0.25, 0.3) is 0 Å². The van der Waals surface area contributed by atoms with Crippen LogP contribution in [0.3, 0.4) is 0 Å². The van der Waals surface area contributed by atoms with E-state index < -0.39 is 16.1 Å². The summed E-state index contributed by atoms with van der Waals surface area (Å²) in [5, 5.41) is 2.62. The molecule has 1 aromatic rings. The number of carbonyl (C=O) groups excluding carboxylic acids is 1. The highest BCUT2D eigenvalue weighted by Crippen LogP contribution is 2.25. The molecule has 0 aromatic carbocycles. The van der Waals surface area contributed by atoms with Crippen molar-refractivity contribution in [2.75, 3.05) is 6.54 Å². The van der Waals surface area contributed by atoms with Crippen LogP contribution in [0.1, 0.15) is 20.3 Å². The zero-order chi connectivity index (χ0) is 13.8. The van der Waals surface area contributed by atoms with Gasteiger partial charge in [0, 0.05) is 6.54 Å². The van der Waals surface area contributed by atoms with Gasteiger partial charge in [0.1, 0.15) is 4.21 Å². The van der Waals surface area contributed by atoms with Gasteiger partial charge >= 0.3 is 0 Å². The molecule has 0 radical (unpaired) electrons. The van der Waals surface area contributed by atoms with Crippen LogP contribution in [0.15, 0.2) is 16.3 Å². The number of carbonyl (C=O) groups is 1. The zero-order valence-electron chi connectivity index (χ0n) is 10.1. The summed E-state index contributed by atoms with van der Waals surface area (Å²) < 4.78 is 26.6. The van der Waals surface area contributed by atoms with Crippen molar-refractivity contribution in [1.29, 1.82) is 0 Å². The van der Waals surface area contributed by atoms with Crippen molar-refractivity contribution in [1.82, 2.24) is 10.0 Å². The first-order valence-corrected chi connectivity index (χ1v) is 8.10. The van der Waals surface area contributed by atoms with Gasteiger partial charge in [-0.25, -0.2) is 8.42 Å². The molecule has 1 rings (SSSR count). The van der Waals surface area contributed by atoms with Crippen molar-refractivity contribution < 1.29 is 13.2 Å². The minimum absolute atomic E-state index is 0.0997. The molecule has 0 saturated carbocycles. The molecule has 2 N–H and O–H groups in total. The van der Waals surface area contributed by atoms with Gasteiger partial charge in [-0.1, -0.05) is 18.5 Å². The Labute approximate surface area is 116 Å². The van der Waals surface area contributed by atoms with E-state index in [1.807, 2.05) is 6.92 Å². The van der Waals surface area contributed by atoms with Crippen molar-refractivity contribution in [3.05, 3.63) is 16.5 Å². The first kappa shape index (κ1) is 15.4. The van der Waals surface area contributed by atoms with Crippen molar-refractivity contribution in [2.45, 2.75) is 30.5 Å². The maximum Gasteiger partial charge on any atom is 0.250 e. The van der Waals surface area contributed by atoms with Crippen LogP contribution in [0.4, 0.5) is 0 Å². The van der Waals surface area contributed by atoms with Gasteiger partial charge in [0.25, 0.3) is 10.0 Å². The SMILES string of the molecule is CCCNC(=O)C(C)NS(=O)(=O)c1ccc(Cl)s1. The maximum atomic E-state index is 11.9. The van der Waals surface area contributed by atoms with Crippen LogP contribution >= 0.6 is 22.9 Å². The van der Waals surface area contributed by atoms with E-state index in [9.17, 15) is 13.2 Å². The van der Waals surface area contributed by atoms with Crippen LogP contribution in [-0.4, -0.2) is 26.9 Å². The Morgan fingerprint density at radius 3 is 2.67 bits per heavy atom. The average molecular weight is 311 g/mol. The molecule has 102 valence electrons. The topological polar surface area (TPSA) is 75.3 Å². The minimum Gasteiger partial charge on any atom is -0.355 e. The number of thiophene rings is 1. The molecule has 0 bridgehead atoms. The smallest absolute Gasteiger partial charge is 0.250 e. The monoisotopic (exact) mass is 310 g/mol. The lowest BCUT2D eigenvalue weighted by Crippen LogP contribution is -2.44. The Morgan fingerprint density at radius 2 is 2.17 bits per heavy atom. The first-order valence-electron chi connectivity index (χ1n) is 5.42. The Kier molecular flexibility index (Phi) is 5.58. The molecular weight excluding hydrogens is 296 g/mol. The summed E-state index contributed by atoms with van der Waals surface area (Å²) in [6, 6.07) is 2.09. The molecule has 0 aliphatic carbocycles. The number of amides is 1. The third-order valence-corrected chi connectivity index (χ3v) is 5.35. The Hall–Kier alpha value is -0.630. The Morgan fingerprint density at radius 1 is 1.50 bits per heavy atom. The number of rotatable bonds is 6. The van der Waals surface area contributed by atoms with Gasteiger partial charge in [-0.2, -0.15) is 4.72 Å². The summed E-state index contributed by atoms with van der Waals surface area (Å²) in [5.41, 5.74) is 0. The van der Waals surface area contributed by atoms with E-state index in [4.69, 9.17) is 11.6 Å². The molecule has 1 unspecified atom stereocenters. The standard InChI is InChI=1S/C10H15ClN2O3S2/c1-3-6-12-10(14)7(2)13-18(15,16)9-5-4-8(11)17-9/h4-5,7,13H,3,6H2,1-2H3,(H,12,14). The fourth-order valence-corrected chi connectivity index (χ4v) is 3.89. The lowest BCUT2D eigenvalue weighted by Gasteiger charge is -2.13. The average Bonchev–Trinajstić information content (AvgIpc) is 2.72. The molecular formula is C10H15ClN2O3S2. The normalized spacial score (nSPS) is 13.3. The summed E-state index contributed by atoms with van der Waals surface area (Å²) in [6.07, 6.45) is 0.797. The van der Waals surface area contributed by atoms with E-state index >= 15 is 0 Å². The van der Waals surface area contributed by atoms with Crippen LogP contribution in [0, 0.1) is 0 Å². The van der Waals surface area contributed by atoms with Gasteiger partial charge < -0.3 is 5.32 Å². The summed E-state index contributed by atoms with van der Waals surface area (Å²) in [7, 11) is -3.69. The molecule has 18 heavy (non-hydrogen) atoms. The van der Waals surface area contributed by atoms with E-state index in [-0.39, 0.29) is 10.1 Å². The predicted octanol–water partition coefficient (Wildman–Crippen LogP) is 1.59. The summed E-state index contributed by atoms with van der Waals surface area (Å²) >= 11 is 6.63. The number of sulfonamides is 1. The second-order valence-electron chi connectivity index (χ2n) is 3.69. The molecule has 1 aromatic heterocycles. The highest BCUT2D eigenvalue weighted by molar-refractivity contribution is 7.91. The molecule has 0 aliphatic heterocycles. The molecule has 5 nitrogen and oxygen atoms in total. The van der Waals surface area contributed by atoms with Crippen LogP contribution in [-0.2, 0) is 14.8 Å². The van der Waals surface area contributed by atoms with Gasteiger partial charge in [-0.05, 0) is 25.5 Å². The molecule has 0 saturated heterocycles. The molecule has 0 fully saturated rings. The highest BCUT2D eigenvalue weighted by atomic mass is 35.5. The second-order valence-corrected chi connectivity index (χ2v) is 7.35. The van der Waals surface area contributed by atoms with Crippen molar-refractivity contribution >= 4 is 38.9 Å². The quantitative estimate of drug-likeness (QED) is 0.838. The van der Waals surface area contributed by atoms with Gasteiger partial charge in [0.15, 0.2) is 0 Å². The maximum absolute atomic E-state index is 11.9. The summed E-state index contributed by atoms with van der Waals surface area (Å²) in [6.45, 7) is 3.94. The van der Waals surface area contributed by atoms with E-state index in [1.54, 1.807) is 0 Å². The van der Waals surface area contributed by atoms with Crippen LogP contribution in [0.2, 0.25) is 4.34 Å². The summed E-state index contributed by atoms with van der Waals surface area (Å²) in [5.74, 6) is -0.344. The first-order chi connectivity index (χ1) is 8.36. The minimum atomic E-state index is -3.69. The molecule has 8 heteroatoms. The molecule has 0 spiro atoms. The zero-order valence-corrected chi connectivity index (χ0v) is 12.5. The van der Waals surface area contributed by atoms with Crippen molar-refractivity contribution in [3.63, 3.8) is 0 Å². The van der Waals surface area contributed by atoms with Crippen LogP contribution < -0.4 is 10.0 Å². The lowest BCUT2D eigenvalue weighted by atomic mass is 10.3. The van der Waals surface area contributed by atoms with Gasteiger partial charge in [-0.3, -0.25) is 4.79 Å². The van der Waals surface area contributed by atoms with E-state index in [0.717, 1.165) is 17.8 Å². The molecule has 0 aliphatic rings. The van der Waals surface area contributed by atoms with Gasteiger partial charge in [0.2, 0.25) is 5.91 Å². The fourth-order valence-electron chi connectivity index (χ4n) is 1.19. The third kappa shape index (κ3) is 4.24.